The van der Waals surface area contributed by atoms with Crippen LogP contribution in [0.1, 0.15) is 0 Å². The summed E-state index contributed by atoms with van der Waals surface area (Å²) in [5.41, 5.74) is 7.05. The third-order valence-corrected chi connectivity index (χ3v) is 16.2. The van der Waals surface area contributed by atoms with Gasteiger partial charge in [-0.2, -0.15) is 0 Å². The minimum atomic E-state index is -1.45. The normalized spacial score (nSPS) is 12.2. The van der Waals surface area contributed by atoms with Gasteiger partial charge in [0.15, 0.2) is 0 Å². The summed E-state index contributed by atoms with van der Waals surface area (Å²) in [6, 6.07) is 63.4. The predicted molar refractivity (Wildman–Crippen MR) is 250 cm³/mol. The first-order chi connectivity index (χ1) is 26.5. The SMILES string of the molecule is C[Si](C)(C)c1ccc(N(c2ccc3c(c2)sc2cc(N(c4ccc([Si](C)(C)C)cc4)c4cccc5ccccc45)ccc23)c2cccc3ccccc23)cc1. The van der Waals surface area contributed by atoms with Gasteiger partial charge in [0.05, 0.1) is 27.5 Å². The maximum atomic E-state index is 2.44. The molecule has 0 N–H and O–H groups in total. The van der Waals surface area contributed by atoms with Crippen LogP contribution in [0, 0.1) is 0 Å². The van der Waals surface area contributed by atoms with Crippen LogP contribution in [-0.2, 0) is 0 Å². The van der Waals surface area contributed by atoms with Gasteiger partial charge in [-0.25, -0.2) is 0 Å². The topological polar surface area (TPSA) is 6.48 Å². The Morgan fingerprint density at radius 3 is 1.11 bits per heavy atom. The molecular formula is C50H46N2SSi2. The van der Waals surface area contributed by atoms with Crippen LogP contribution in [0.5, 0.6) is 0 Å². The smallest absolute Gasteiger partial charge is 0.0775 e. The van der Waals surface area contributed by atoms with Crippen molar-refractivity contribution in [3.63, 3.8) is 0 Å². The Kier molecular flexibility index (Phi) is 8.77. The molecule has 55 heavy (non-hydrogen) atoms. The first-order valence-corrected chi connectivity index (χ1v) is 27.1. The molecule has 9 rings (SSSR count). The molecule has 2 nitrogen and oxygen atoms in total. The molecule has 270 valence electrons. The minimum absolute atomic E-state index is 1.16. The van der Waals surface area contributed by atoms with Gasteiger partial charge in [-0.3, -0.25) is 0 Å². The minimum Gasteiger partial charge on any atom is -0.310 e. The van der Waals surface area contributed by atoms with E-state index < -0.39 is 16.1 Å². The standard InChI is InChI=1S/C50H46N2SSi2/c1-54(2,3)41-27-21-37(22-28-41)51(47-19-11-15-35-13-7-9-17-43(35)47)39-25-31-45-46-32-26-40(34-50(46)53-49(45)33-39)52(38-23-29-42(30-24-38)55(4,5)6)48-20-12-16-36-14-8-10-18-44(36)48/h7-34H,1-6H3. The van der Waals surface area contributed by atoms with E-state index in [0.29, 0.717) is 0 Å². The van der Waals surface area contributed by atoms with E-state index in [1.807, 2.05) is 11.3 Å². The van der Waals surface area contributed by atoms with Gasteiger partial charge in [-0.1, -0.05) is 159 Å². The molecule has 0 aliphatic heterocycles. The van der Waals surface area contributed by atoms with Crippen molar-refractivity contribution in [2.24, 2.45) is 0 Å². The maximum Gasteiger partial charge on any atom is 0.0775 e. The van der Waals surface area contributed by atoms with Gasteiger partial charge < -0.3 is 9.80 Å². The highest BCUT2D eigenvalue weighted by atomic mass is 32.1. The number of benzene rings is 8. The van der Waals surface area contributed by atoms with E-state index in [1.54, 1.807) is 0 Å². The summed E-state index contributed by atoms with van der Waals surface area (Å²) in [7, 11) is -2.90. The monoisotopic (exact) mass is 762 g/mol. The number of thiophene rings is 1. The summed E-state index contributed by atoms with van der Waals surface area (Å²) in [5.74, 6) is 0. The van der Waals surface area contributed by atoms with Crippen molar-refractivity contribution in [1.29, 1.82) is 0 Å². The van der Waals surface area contributed by atoms with Gasteiger partial charge in [-0.05, 0) is 71.4 Å². The van der Waals surface area contributed by atoms with Crippen molar-refractivity contribution in [3.05, 3.63) is 170 Å². The van der Waals surface area contributed by atoms with Crippen LogP contribution in [-0.4, -0.2) is 16.1 Å². The van der Waals surface area contributed by atoms with Crippen molar-refractivity contribution in [3.8, 4) is 0 Å². The van der Waals surface area contributed by atoms with E-state index >= 15 is 0 Å². The van der Waals surface area contributed by atoms with Gasteiger partial charge in [0.2, 0.25) is 0 Å². The van der Waals surface area contributed by atoms with Crippen LogP contribution in [0.15, 0.2) is 170 Å². The fourth-order valence-electron chi connectivity index (χ4n) is 7.91. The summed E-state index contributed by atoms with van der Waals surface area (Å²) in [4.78, 5) is 4.88. The second-order valence-corrected chi connectivity index (χ2v) is 28.0. The molecule has 1 aromatic heterocycles. The highest BCUT2D eigenvalue weighted by molar-refractivity contribution is 7.25. The quantitative estimate of drug-likeness (QED) is 0.142. The van der Waals surface area contributed by atoms with Crippen molar-refractivity contribution in [2.75, 3.05) is 9.80 Å². The summed E-state index contributed by atoms with van der Waals surface area (Å²) in [6.45, 7) is 14.5. The summed E-state index contributed by atoms with van der Waals surface area (Å²) in [6.07, 6.45) is 0. The van der Waals surface area contributed by atoms with Gasteiger partial charge in [0.1, 0.15) is 0 Å². The molecule has 0 aliphatic rings. The van der Waals surface area contributed by atoms with Crippen LogP contribution in [0.4, 0.5) is 34.1 Å². The largest absolute Gasteiger partial charge is 0.310 e. The third kappa shape index (κ3) is 6.56. The van der Waals surface area contributed by atoms with Crippen molar-refractivity contribution >= 4 is 114 Å². The molecule has 0 radical (unpaired) electrons. The lowest BCUT2D eigenvalue weighted by molar-refractivity contribution is 1.31. The zero-order valence-electron chi connectivity index (χ0n) is 32.5. The number of hydrogen-bond acceptors (Lipinski definition) is 3. The molecule has 0 saturated carbocycles. The average Bonchev–Trinajstić information content (AvgIpc) is 3.55. The second kappa shape index (κ2) is 13.7. The third-order valence-electron chi connectivity index (χ3n) is 11.0. The number of rotatable bonds is 8. The fourth-order valence-corrected chi connectivity index (χ4v) is 11.4. The van der Waals surface area contributed by atoms with Gasteiger partial charge in [-0.15, -0.1) is 11.3 Å². The predicted octanol–water partition coefficient (Wildman–Crippen LogP) is 14.4. The highest BCUT2D eigenvalue weighted by Crippen LogP contribution is 2.45. The average molecular weight is 763 g/mol. The lowest BCUT2D eigenvalue weighted by atomic mass is 10.1. The molecule has 8 aromatic carbocycles. The first kappa shape index (κ1) is 35.2. The Balaban J connectivity index is 1.19. The van der Waals surface area contributed by atoms with Crippen LogP contribution >= 0.6 is 11.3 Å². The van der Waals surface area contributed by atoms with E-state index in [1.165, 1.54) is 74.8 Å². The lowest BCUT2D eigenvalue weighted by Crippen LogP contribution is -2.37. The molecule has 0 atom stereocenters. The molecular weight excluding hydrogens is 717 g/mol. The van der Waals surface area contributed by atoms with Crippen LogP contribution in [0.3, 0.4) is 0 Å². The van der Waals surface area contributed by atoms with Crippen molar-refractivity contribution < 1.29 is 0 Å². The number of fused-ring (bicyclic) bond motifs is 5. The Morgan fingerprint density at radius 1 is 0.345 bits per heavy atom. The van der Waals surface area contributed by atoms with Crippen LogP contribution in [0.2, 0.25) is 39.3 Å². The van der Waals surface area contributed by atoms with E-state index in [-0.39, 0.29) is 0 Å². The Hall–Kier alpha value is -5.47. The van der Waals surface area contributed by atoms with Gasteiger partial charge >= 0.3 is 0 Å². The molecule has 5 heteroatoms. The molecule has 0 bridgehead atoms. The molecule has 0 saturated heterocycles. The summed E-state index contributed by atoms with van der Waals surface area (Å²) in [5, 5.41) is 10.5. The number of hydrogen-bond donors (Lipinski definition) is 0. The lowest BCUT2D eigenvalue weighted by Gasteiger charge is -2.28. The van der Waals surface area contributed by atoms with Gasteiger partial charge in [0.25, 0.3) is 0 Å². The van der Waals surface area contributed by atoms with E-state index in [4.69, 9.17) is 0 Å². The van der Waals surface area contributed by atoms with E-state index in [0.717, 1.165) is 11.4 Å². The second-order valence-electron chi connectivity index (χ2n) is 16.7. The Morgan fingerprint density at radius 2 is 0.709 bits per heavy atom. The fraction of sp³-hybridized carbons (Fsp3) is 0.120. The van der Waals surface area contributed by atoms with Crippen molar-refractivity contribution in [2.45, 2.75) is 39.3 Å². The highest BCUT2D eigenvalue weighted by Gasteiger charge is 2.22. The molecule has 0 amide bonds. The summed E-state index contributed by atoms with van der Waals surface area (Å²) < 4.78 is 2.56. The molecule has 0 aliphatic carbocycles. The zero-order valence-corrected chi connectivity index (χ0v) is 35.3. The van der Waals surface area contributed by atoms with E-state index in [2.05, 4.69) is 219 Å². The molecule has 0 fully saturated rings. The van der Waals surface area contributed by atoms with Crippen molar-refractivity contribution in [1.82, 2.24) is 0 Å². The first-order valence-electron chi connectivity index (χ1n) is 19.3. The zero-order chi connectivity index (χ0) is 37.9. The van der Waals surface area contributed by atoms with Gasteiger partial charge in [0, 0.05) is 53.7 Å². The molecule has 0 spiro atoms. The Labute approximate surface area is 330 Å². The van der Waals surface area contributed by atoms with E-state index in [9.17, 15) is 0 Å². The van der Waals surface area contributed by atoms with Crippen LogP contribution < -0.4 is 20.2 Å². The number of nitrogens with zero attached hydrogens (tertiary/aromatic N) is 2. The Bertz CT molecular complexity index is 2640. The molecule has 9 aromatic rings. The summed E-state index contributed by atoms with van der Waals surface area (Å²) >= 11 is 1.88. The molecule has 0 unspecified atom stereocenters. The van der Waals surface area contributed by atoms with Crippen LogP contribution in [0.25, 0.3) is 41.7 Å². The molecule has 1 heterocycles. The number of anilines is 6. The maximum absolute atomic E-state index is 2.44.